The van der Waals surface area contributed by atoms with E-state index in [4.69, 9.17) is 30.2 Å². The van der Waals surface area contributed by atoms with Gasteiger partial charge < -0.3 is 9.47 Å². The molecule has 0 fully saturated rings. The highest BCUT2D eigenvalue weighted by atomic mass is 15.1. The van der Waals surface area contributed by atoms with Crippen molar-refractivity contribution >= 4 is 38.9 Å². The third kappa shape index (κ3) is 6.14. The number of hydrogen-bond acceptors (Lipinski definition) is 1. The van der Waals surface area contributed by atoms with E-state index in [0.29, 0.717) is 4.57 Å². The summed E-state index contributed by atoms with van der Waals surface area (Å²) in [5.74, 6) is 0. The molecule has 10 rings (SSSR count). The van der Waals surface area contributed by atoms with Crippen LogP contribution in [0.1, 0.15) is 52.1 Å². The van der Waals surface area contributed by atoms with Crippen LogP contribution >= 0.6 is 0 Å². The Morgan fingerprint density at radius 2 is 0.750 bits per heavy atom. The van der Waals surface area contributed by atoms with E-state index in [-0.39, 0.29) is 4.90 Å². The van der Waals surface area contributed by atoms with Crippen LogP contribution in [0.5, 0.6) is 0 Å². The van der Waals surface area contributed by atoms with Crippen LogP contribution in [0.2, 0.25) is 0 Å². The largest absolute Gasteiger partial charge is 0.310 e. The van der Waals surface area contributed by atoms with E-state index in [0.717, 1.165) is 0 Å². The summed E-state index contributed by atoms with van der Waals surface area (Å²) in [4.78, 5) is 0.221. The van der Waals surface area contributed by atoms with Gasteiger partial charge in [-0.25, -0.2) is 0 Å². The molecule has 0 aliphatic carbocycles. The van der Waals surface area contributed by atoms with Gasteiger partial charge in [-0.15, -0.1) is 0 Å². The quantitative estimate of drug-likeness (QED) is 0.150. The molecule has 0 N–H and O–H groups in total. The molecule has 1 aromatic heterocycles. The Bertz CT molecular complexity index is 5010. The summed E-state index contributed by atoms with van der Waals surface area (Å²) in [7, 11) is 0. The van der Waals surface area contributed by atoms with Crippen molar-refractivity contribution in [3.63, 3.8) is 0 Å². The topological polar surface area (TPSA) is 8.17 Å². The first kappa shape index (κ1) is 12.0. The van der Waals surface area contributed by atoms with E-state index < -0.39 is 319 Å². The number of hydrogen-bond donors (Lipinski definition) is 0. The van der Waals surface area contributed by atoms with Crippen LogP contribution in [-0.4, -0.2) is 4.57 Å². The highest BCUT2D eigenvalue weighted by molar-refractivity contribution is 6.10. The standard InChI is InChI=1S/C54H38N2/c1-4-14-39(15-5-1)41-24-31-46(32-25-41)55(52-22-12-10-20-49(52)44-18-8-3-9-19-44)47-33-28-43(29-34-47)45-30-37-54-51(38-45)50-21-11-13-23-53(50)56(54)48-35-26-42(27-36-48)40-16-6-2-7-17-40/h1-38H/i1D,2D,3D,4D,5D,6D,7D,8D,9D,10D,11D,12D,13D,14D,15D,16D,17D,18D,19D,20D,21D,22D,23D,24D,25D,26D,27D,28D,29D,30D,31D,32D,33D,34D,35D,36D,37D,38D. The van der Waals surface area contributed by atoms with Gasteiger partial charge in [-0.05, 0) is 99.4 Å². The van der Waals surface area contributed by atoms with Gasteiger partial charge in [-0.2, -0.15) is 0 Å². The number of para-hydroxylation sites is 2. The number of fused-ring (bicyclic) bond motifs is 3. The van der Waals surface area contributed by atoms with Crippen molar-refractivity contribution in [2.75, 3.05) is 4.90 Å². The fourth-order valence-electron chi connectivity index (χ4n) is 5.61. The predicted octanol–water partition coefficient (Wildman–Crippen LogP) is 14.9. The Morgan fingerprint density at radius 3 is 1.36 bits per heavy atom. The molecule has 0 spiro atoms. The van der Waals surface area contributed by atoms with Crippen LogP contribution in [0.4, 0.5) is 17.1 Å². The Morgan fingerprint density at radius 1 is 0.321 bits per heavy atom. The average molecular weight is 753 g/mol. The molecule has 0 atom stereocenters. The molecule has 0 radical (unpaired) electrons. The lowest BCUT2D eigenvalue weighted by molar-refractivity contribution is 1.18. The van der Waals surface area contributed by atoms with Crippen LogP contribution in [0.25, 0.3) is 72.0 Å². The molecular weight excluding hydrogens is 677 g/mol. The van der Waals surface area contributed by atoms with Crippen LogP contribution < -0.4 is 4.90 Å². The average Bonchev–Trinajstić information content (AvgIpc) is 1.43. The SMILES string of the molecule is [2H]c1c([2H])c([2H])c(-c2c([2H])c([2H])c(N(c3c([2H])c([2H])c(-c4c([2H])c([2H])c5c(c4[2H])c4c([2H])c([2H])c([2H])c([2H])c4n5-c4c([2H])c([2H])c(-c5c([2H])c([2H])c([2H])c([2H])c5[2H])c([2H])c4[2H])c([2H])c3[2H])c3c([2H])c([2H])c([2H])c([2H])c3-c3c([2H])c([2H])c([2H])c([2H])c3[2H])c([2H])c2[2H])c([2H])c1[2H]. The van der Waals surface area contributed by atoms with Crippen molar-refractivity contribution in [1.29, 1.82) is 0 Å². The molecule has 0 bridgehead atoms. The summed E-state index contributed by atoms with van der Waals surface area (Å²) >= 11 is 0. The molecule has 0 amide bonds. The minimum absolute atomic E-state index is 0.221. The molecule has 1 heterocycles. The normalized spacial score (nSPS) is 20.7. The third-order valence-electron chi connectivity index (χ3n) is 8.06. The van der Waals surface area contributed by atoms with E-state index in [1.54, 1.807) is 0 Å². The minimum atomic E-state index is -1.44. The lowest BCUT2D eigenvalue weighted by atomic mass is 10.00. The molecule has 0 aliphatic heterocycles. The maximum absolute atomic E-state index is 9.87. The molecule has 0 aliphatic rings. The predicted molar refractivity (Wildman–Crippen MR) is 237 cm³/mol. The highest BCUT2D eigenvalue weighted by Gasteiger charge is 2.18. The summed E-state index contributed by atoms with van der Waals surface area (Å²) in [5.41, 5.74) is -14.2. The van der Waals surface area contributed by atoms with Crippen molar-refractivity contribution in [3.05, 3.63) is 230 Å². The Labute approximate surface area is 381 Å². The Kier molecular flexibility index (Phi) is 3.10. The molecule has 0 saturated carbocycles. The van der Waals surface area contributed by atoms with Gasteiger partial charge >= 0.3 is 0 Å². The van der Waals surface area contributed by atoms with Gasteiger partial charge in [0.05, 0.1) is 68.8 Å². The van der Waals surface area contributed by atoms with Gasteiger partial charge in [0.2, 0.25) is 0 Å². The summed E-state index contributed by atoms with van der Waals surface area (Å²) in [6.45, 7) is 0. The van der Waals surface area contributed by atoms with E-state index in [1.165, 1.54) is 0 Å². The van der Waals surface area contributed by atoms with Gasteiger partial charge in [0.15, 0.2) is 0 Å². The maximum atomic E-state index is 9.87. The van der Waals surface area contributed by atoms with Gasteiger partial charge in [-0.3, -0.25) is 0 Å². The number of anilines is 3. The van der Waals surface area contributed by atoms with Gasteiger partial charge in [0.1, 0.15) is 0 Å². The van der Waals surface area contributed by atoms with E-state index in [1.807, 2.05) is 0 Å². The zero-order valence-corrected chi connectivity index (χ0v) is 27.9. The third-order valence-corrected chi connectivity index (χ3v) is 8.06. The highest BCUT2D eigenvalue weighted by Crippen LogP contribution is 2.42. The van der Waals surface area contributed by atoms with Crippen LogP contribution in [0.3, 0.4) is 0 Å². The molecule has 56 heavy (non-hydrogen) atoms. The van der Waals surface area contributed by atoms with Crippen molar-refractivity contribution in [1.82, 2.24) is 4.57 Å². The second-order valence-electron chi connectivity index (χ2n) is 11.3. The molecule has 10 aromatic rings. The van der Waals surface area contributed by atoms with Gasteiger partial charge in [-0.1, -0.05) is 169 Å². The zero-order valence-electron chi connectivity index (χ0n) is 65.9. The van der Waals surface area contributed by atoms with E-state index in [9.17, 15) is 21.9 Å². The van der Waals surface area contributed by atoms with Gasteiger partial charge in [0.25, 0.3) is 0 Å². The number of benzene rings is 9. The lowest BCUT2D eigenvalue weighted by Gasteiger charge is -2.28. The monoisotopic (exact) mass is 753 g/mol. The van der Waals surface area contributed by atoms with Crippen LogP contribution in [-0.2, 0) is 0 Å². The van der Waals surface area contributed by atoms with Crippen molar-refractivity contribution in [3.8, 4) is 50.2 Å². The summed E-state index contributed by atoms with van der Waals surface area (Å²) < 4.78 is 343. The second kappa shape index (κ2) is 14.4. The zero-order chi connectivity index (χ0) is 70.3. The summed E-state index contributed by atoms with van der Waals surface area (Å²) in [5, 5.41) is -1.53. The second-order valence-corrected chi connectivity index (χ2v) is 11.3. The van der Waals surface area contributed by atoms with Gasteiger partial charge in [0, 0.05) is 33.4 Å². The van der Waals surface area contributed by atoms with Crippen LogP contribution in [0, 0.1) is 0 Å². The fraction of sp³-hybridized carbons (Fsp3) is 0. The smallest absolute Gasteiger partial charge is 0.0645 e. The first-order chi connectivity index (χ1) is 43.6. The molecule has 0 saturated heterocycles. The minimum Gasteiger partial charge on any atom is -0.310 e. The van der Waals surface area contributed by atoms with E-state index >= 15 is 0 Å². The van der Waals surface area contributed by atoms with Crippen molar-refractivity contribution in [2.24, 2.45) is 0 Å². The number of rotatable bonds is 8. The van der Waals surface area contributed by atoms with Crippen molar-refractivity contribution in [2.45, 2.75) is 0 Å². The summed E-state index contributed by atoms with van der Waals surface area (Å²) in [6, 6.07) is -43.2. The lowest BCUT2D eigenvalue weighted by Crippen LogP contribution is -2.11. The summed E-state index contributed by atoms with van der Waals surface area (Å²) in [6.07, 6.45) is 0. The van der Waals surface area contributed by atoms with Crippen molar-refractivity contribution < 1.29 is 52.1 Å². The molecule has 2 heteroatoms. The Hall–Kier alpha value is -7.42. The maximum Gasteiger partial charge on any atom is 0.0645 e. The number of nitrogens with zero attached hydrogens (tertiary/aromatic N) is 2. The molecule has 2 nitrogen and oxygen atoms in total. The van der Waals surface area contributed by atoms with E-state index in [2.05, 4.69) is 0 Å². The first-order valence-electron chi connectivity index (χ1n) is 35.1. The molecule has 0 unspecified atom stereocenters. The molecule has 9 aromatic carbocycles. The fourth-order valence-corrected chi connectivity index (χ4v) is 5.61. The van der Waals surface area contributed by atoms with Crippen LogP contribution in [0.15, 0.2) is 230 Å². The number of aromatic nitrogens is 1. The first-order valence-corrected chi connectivity index (χ1v) is 16.1. The Balaban J connectivity index is 1.37. The molecular formula is C54H38N2. The molecule has 264 valence electrons.